The molecule has 0 spiro atoms. The molecular formula is C19H37N3O2S. The van der Waals surface area contributed by atoms with Gasteiger partial charge in [0.2, 0.25) is 0 Å². The fraction of sp³-hybridized carbons (Fsp3) is 0.947. The molecule has 0 saturated heterocycles. The Morgan fingerprint density at radius 1 is 1.28 bits per heavy atom. The van der Waals surface area contributed by atoms with Gasteiger partial charge in [-0.2, -0.15) is 0 Å². The number of ether oxygens (including phenoxy) is 1. The third kappa shape index (κ3) is 6.24. The van der Waals surface area contributed by atoms with Crippen LogP contribution in [0.1, 0.15) is 65.2 Å². The molecule has 2 aliphatic carbocycles. The van der Waals surface area contributed by atoms with E-state index in [1.54, 1.807) is 7.11 Å². The highest BCUT2D eigenvalue weighted by atomic mass is 32.2. The molecule has 0 radical (unpaired) electrons. The molecule has 2 rings (SSSR count). The number of nitrogens with zero attached hydrogens (tertiary/aromatic N) is 1. The third-order valence-corrected chi connectivity index (χ3v) is 7.53. The highest BCUT2D eigenvalue weighted by Crippen LogP contribution is 2.44. The van der Waals surface area contributed by atoms with E-state index in [0.29, 0.717) is 16.7 Å². The van der Waals surface area contributed by atoms with Crippen molar-refractivity contribution >= 4 is 16.8 Å². The minimum absolute atomic E-state index is 0.344. The lowest BCUT2D eigenvalue weighted by molar-refractivity contribution is 0.0778. The molecule has 5 nitrogen and oxygen atoms in total. The third-order valence-electron chi connectivity index (χ3n) is 5.79. The second-order valence-electron chi connectivity index (χ2n) is 7.59. The first kappa shape index (κ1) is 20.7. The van der Waals surface area contributed by atoms with Crippen LogP contribution >= 0.6 is 0 Å². The second-order valence-corrected chi connectivity index (χ2v) is 9.60. The minimum Gasteiger partial charge on any atom is -0.385 e. The van der Waals surface area contributed by atoms with Crippen LogP contribution in [0.4, 0.5) is 0 Å². The van der Waals surface area contributed by atoms with Crippen molar-refractivity contribution in [1.82, 2.24) is 10.6 Å². The molecule has 3 atom stereocenters. The van der Waals surface area contributed by atoms with E-state index >= 15 is 0 Å². The monoisotopic (exact) mass is 371 g/mol. The van der Waals surface area contributed by atoms with Crippen molar-refractivity contribution in [2.24, 2.45) is 10.4 Å². The van der Waals surface area contributed by atoms with E-state index in [-0.39, 0.29) is 0 Å². The van der Waals surface area contributed by atoms with Gasteiger partial charge in [0.15, 0.2) is 5.96 Å². The first-order chi connectivity index (χ1) is 12.1. The number of methoxy groups -OCH3 is 1. The number of nitrogens with one attached hydrogen (secondary N) is 2. The van der Waals surface area contributed by atoms with Crippen molar-refractivity contribution in [1.29, 1.82) is 0 Å². The summed E-state index contributed by atoms with van der Waals surface area (Å²) in [4.78, 5) is 4.91. The van der Waals surface area contributed by atoms with Crippen LogP contribution in [-0.2, 0) is 15.5 Å². The van der Waals surface area contributed by atoms with Gasteiger partial charge >= 0.3 is 0 Å². The van der Waals surface area contributed by atoms with Gasteiger partial charge in [-0.25, -0.2) is 0 Å². The predicted octanol–water partition coefficient (Wildman–Crippen LogP) is 2.83. The van der Waals surface area contributed by atoms with Gasteiger partial charge < -0.3 is 15.4 Å². The smallest absolute Gasteiger partial charge is 0.191 e. The summed E-state index contributed by atoms with van der Waals surface area (Å²) in [5.74, 6) is 1.70. The SMILES string of the molecule is CCNC(=NCC1(CCOC)CCC1)NC1CCCC(S(=O)CC)C1. The Morgan fingerprint density at radius 2 is 2.08 bits per heavy atom. The standard InChI is InChI=1S/C19H37N3O2S/c1-4-20-18(21-15-19(10-7-11-19)12-13-24-3)22-16-8-6-9-17(14-16)25(23)5-2/h16-17H,4-15H2,1-3H3,(H2,20,21,22). The van der Waals surface area contributed by atoms with Crippen LogP contribution < -0.4 is 10.6 Å². The van der Waals surface area contributed by atoms with Crippen LogP contribution in [0, 0.1) is 5.41 Å². The summed E-state index contributed by atoms with van der Waals surface area (Å²) in [6.07, 6.45) is 9.36. The van der Waals surface area contributed by atoms with E-state index < -0.39 is 10.8 Å². The fourth-order valence-electron chi connectivity index (χ4n) is 3.99. The maximum Gasteiger partial charge on any atom is 0.191 e. The summed E-state index contributed by atoms with van der Waals surface area (Å²) >= 11 is 0. The summed E-state index contributed by atoms with van der Waals surface area (Å²) in [5.41, 5.74) is 0.344. The van der Waals surface area contributed by atoms with Gasteiger partial charge in [0.25, 0.3) is 0 Å². The number of hydrogen-bond acceptors (Lipinski definition) is 3. The highest BCUT2D eigenvalue weighted by Gasteiger charge is 2.36. The minimum atomic E-state index is -0.681. The summed E-state index contributed by atoms with van der Waals surface area (Å²) in [5, 5.41) is 7.36. The van der Waals surface area contributed by atoms with Gasteiger partial charge in [-0.15, -0.1) is 0 Å². The van der Waals surface area contributed by atoms with Crippen LogP contribution in [0.15, 0.2) is 4.99 Å². The molecule has 0 bridgehead atoms. The Bertz CT molecular complexity index is 452. The molecule has 2 fully saturated rings. The zero-order valence-corrected chi connectivity index (χ0v) is 17.1. The summed E-state index contributed by atoms with van der Waals surface area (Å²) < 4.78 is 17.4. The van der Waals surface area contributed by atoms with Crippen molar-refractivity contribution in [3.8, 4) is 0 Å². The Hall–Kier alpha value is -0.620. The highest BCUT2D eigenvalue weighted by molar-refractivity contribution is 7.85. The average Bonchev–Trinajstić information content (AvgIpc) is 2.60. The van der Waals surface area contributed by atoms with Crippen LogP contribution in [-0.4, -0.2) is 54.0 Å². The van der Waals surface area contributed by atoms with E-state index in [9.17, 15) is 4.21 Å². The molecule has 6 heteroatoms. The van der Waals surface area contributed by atoms with E-state index in [1.165, 1.54) is 19.3 Å². The predicted molar refractivity (Wildman–Crippen MR) is 107 cm³/mol. The lowest BCUT2D eigenvalue weighted by Crippen LogP contribution is -2.47. The molecule has 0 aliphatic heterocycles. The molecule has 0 aromatic rings. The van der Waals surface area contributed by atoms with Gasteiger partial charge in [-0.05, 0) is 50.9 Å². The van der Waals surface area contributed by atoms with E-state index in [4.69, 9.17) is 9.73 Å². The number of aliphatic imine (C=N–C) groups is 1. The van der Waals surface area contributed by atoms with Crippen molar-refractivity contribution in [3.63, 3.8) is 0 Å². The summed E-state index contributed by atoms with van der Waals surface area (Å²) in [7, 11) is 1.10. The molecule has 3 unspecified atom stereocenters. The molecule has 0 aromatic heterocycles. The molecule has 25 heavy (non-hydrogen) atoms. The fourth-order valence-corrected chi connectivity index (χ4v) is 5.34. The van der Waals surface area contributed by atoms with Crippen LogP contribution in [0.2, 0.25) is 0 Å². The van der Waals surface area contributed by atoms with E-state index in [2.05, 4.69) is 17.6 Å². The lowest BCUT2D eigenvalue weighted by atomic mass is 9.67. The molecular weight excluding hydrogens is 334 g/mol. The first-order valence-electron chi connectivity index (χ1n) is 10.0. The van der Waals surface area contributed by atoms with Crippen LogP contribution in [0.5, 0.6) is 0 Å². The van der Waals surface area contributed by atoms with Gasteiger partial charge in [-0.3, -0.25) is 9.20 Å². The molecule has 2 aliphatic rings. The first-order valence-corrected chi connectivity index (χ1v) is 11.4. The van der Waals surface area contributed by atoms with Crippen molar-refractivity contribution in [2.75, 3.05) is 32.6 Å². The van der Waals surface area contributed by atoms with Crippen molar-refractivity contribution in [3.05, 3.63) is 0 Å². The van der Waals surface area contributed by atoms with Gasteiger partial charge in [-0.1, -0.05) is 19.8 Å². The van der Waals surface area contributed by atoms with Gasteiger partial charge in [0, 0.05) is 54.7 Å². The lowest BCUT2D eigenvalue weighted by Gasteiger charge is -2.41. The molecule has 0 heterocycles. The zero-order chi connectivity index (χ0) is 18.1. The molecule has 0 amide bonds. The Labute approximate surface area is 156 Å². The van der Waals surface area contributed by atoms with E-state index in [1.807, 2.05) is 6.92 Å². The van der Waals surface area contributed by atoms with Crippen LogP contribution in [0.3, 0.4) is 0 Å². The van der Waals surface area contributed by atoms with Crippen molar-refractivity contribution in [2.45, 2.75) is 76.5 Å². The average molecular weight is 372 g/mol. The summed E-state index contributed by atoms with van der Waals surface area (Å²) in [6.45, 7) is 6.71. The maximum absolute atomic E-state index is 12.2. The normalized spacial score (nSPS) is 27.4. The topological polar surface area (TPSA) is 62.7 Å². The number of hydrogen-bond donors (Lipinski definition) is 2. The molecule has 146 valence electrons. The Morgan fingerprint density at radius 3 is 2.68 bits per heavy atom. The summed E-state index contributed by atoms with van der Waals surface area (Å²) in [6, 6.07) is 0.392. The van der Waals surface area contributed by atoms with Crippen LogP contribution in [0.25, 0.3) is 0 Å². The zero-order valence-electron chi connectivity index (χ0n) is 16.3. The number of guanidine groups is 1. The van der Waals surface area contributed by atoms with E-state index in [0.717, 1.165) is 63.5 Å². The Kier molecular flexibility index (Phi) is 8.70. The molecule has 2 saturated carbocycles. The Balaban J connectivity index is 1.91. The quantitative estimate of drug-likeness (QED) is 0.483. The second kappa shape index (κ2) is 10.5. The number of rotatable bonds is 9. The van der Waals surface area contributed by atoms with Gasteiger partial charge in [0.05, 0.1) is 0 Å². The molecule has 2 N–H and O–H groups in total. The maximum atomic E-state index is 12.2. The van der Waals surface area contributed by atoms with Crippen molar-refractivity contribution < 1.29 is 8.95 Å². The van der Waals surface area contributed by atoms with Gasteiger partial charge in [0.1, 0.15) is 0 Å². The molecule has 0 aromatic carbocycles. The largest absolute Gasteiger partial charge is 0.385 e.